The number of piperidine rings is 1. The van der Waals surface area contributed by atoms with E-state index in [4.69, 9.17) is 9.72 Å². The number of nitrogens with zero attached hydrogens (tertiary/aromatic N) is 7. The van der Waals surface area contributed by atoms with E-state index in [2.05, 4.69) is 73.0 Å². The Morgan fingerprint density at radius 3 is 2.59 bits per heavy atom. The molecular weight excluding hydrogens is 833 g/mol. The van der Waals surface area contributed by atoms with Crippen LogP contribution in [-0.2, 0) is 14.8 Å². The number of rotatable bonds is 12. The summed E-state index contributed by atoms with van der Waals surface area (Å²) in [6, 6.07) is 20.2. The number of hydrogen-bond acceptors (Lipinski definition) is 12. The average Bonchev–Trinajstić information content (AvgIpc) is 4.07. The summed E-state index contributed by atoms with van der Waals surface area (Å²) < 4.78 is 36.8. The fourth-order valence-corrected chi connectivity index (χ4v) is 11.6. The van der Waals surface area contributed by atoms with E-state index in [0.29, 0.717) is 65.5 Å². The van der Waals surface area contributed by atoms with Gasteiger partial charge in [0.2, 0.25) is 5.82 Å². The van der Waals surface area contributed by atoms with Crippen molar-refractivity contribution in [1.82, 2.24) is 34.4 Å². The highest BCUT2D eigenvalue weighted by Crippen LogP contribution is 2.54. The molecule has 10 rings (SSSR count). The topological polar surface area (TPSA) is 194 Å². The predicted octanol–water partition coefficient (Wildman–Crippen LogP) is 7.87. The summed E-state index contributed by atoms with van der Waals surface area (Å²) in [7, 11) is -4.61. The Bertz CT molecular complexity index is 2840. The summed E-state index contributed by atoms with van der Waals surface area (Å²) in [5.74, 6) is -0.225. The summed E-state index contributed by atoms with van der Waals surface area (Å²) in [5.41, 5.74) is 6.01. The first-order chi connectivity index (χ1) is 30.9. The maximum atomic E-state index is 14.2. The highest BCUT2D eigenvalue weighted by atomic mass is 32.2. The number of H-pyrrole nitrogens is 1. The van der Waals surface area contributed by atoms with Gasteiger partial charge in [0.1, 0.15) is 16.1 Å². The van der Waals surface area contributed by atoms with Crippen molar-refractivity contribution in [3.8, 4) is 5.69 Å². The minimum Gasteiger partial charge on any atom is -0.381 e. The predicted molar refractivity (Wildman–Crippen MR) is 244 cm³/mol. The summed E-state index contributed by atoms with van der Waals surface area (Å²) in [6.45, 7) is 9.09. The van der Waals surface area contributed by atoms with Crippen molar-refractivity contribution >= 4 is 55.2 Å². The number of benzene rings is 2. The van der Waals surface area contributed by atoms with E-state index in [-0.39, 0.29) is 17.3 Å². The molecule has 334 valence electrons. The number of carbonyl (C=O) groups is 1. The highest BCUT2D eigenvalue weighted by Gasteiger charge is 2.50. The van der Waals surface area contributed by atoms with Crippen molar-refractivity contribution in [3.63, 3.8) is 0 Å². The van der Waals surface area contributed by atoms with Crippen LogP contribution < -0.4 is 14.9 Å². The maximum Gasteiger partial charge on any atom is 0.312 e. The molecule has 4 aliphatic rings. The van der Waals surface area contributed by atoms with Gasteiger partial charge in [0, 0.05) is 68.3 Å². The lowest BCUT2D eigenvalue weighted by Crippen LogP contribution is -2.55. The minimum absolute atomic E-state index is 0.0420. The lowest BCUT2D eigenvalue weighted by atomic mass is 9.59. The largest absolute Gasteiger partial charge is 0.381 e. The van der Waals surface area contributed by atoms with E-state index in [1.165, 1.54) is 36.8 Å². The lowest BCUT2D eigenvalue weighted by Gasteiger charge is -2.56. The first kappa shape index (κ1) is 42.1. The molecule has 4 fully saturated rings. The van der Waals surface area contributed by atoms with E-state index in [0.717, 1.165) is 68.7 Å². The molecule has 4 aromatic heterocycles. The first-order valence-electron chi connectivity index (χ1n) is 22.5. The Balaban J connectivity index is 0.886. The van der Waals surface area contributed by atoms with Crippen LogP contribution in [0.25, 0.3) is 27.8 Å². The number of sulfonamides is 1. The smallest absolute Gasteiger partial charge is 0.312 e. The van der Waals surface area contributed by atoms with E-state index in [1.807, 2.05) is 24.3 Å². The third kappa shape index (κ3) is 7.98. The molecule has 3 aliphatic heterocycles. The van der Waals surface area contributed by atoms with E-state index < -0.39 is 31.4 Å². The van der Waals surface area contributed by atoms with Crippen molar-refractivity contribution in [1.29, 1.82) is 0 Å². The van der Waals surface area contributed by atoms with Crippen molar-refractivity contribution in [2.45, 2.75) is 88.1 Å². The molecule has 7 heterocycles. The van der Waals surface area contributed by atoms with Crippen LogP contribution in [0.3, 0.4) is 0 Å². The number of fused-ring (bicyclic) bond motifs is 2. The van der Waals surface area contributed by atoms with Crippen LogP contribution in [-0.4, -0.2) is 94.3 Å². The molecule has 17 heteroatoms. The van der Waals surface area contributed by atoms with Crippen LogP contribution >= 0.6 is 0 Å². The molecule has 0 unspecified atom stereocenters. The fraction of sp³-hybridized carbons (Fsp3) is 0.447. The monoisotopic (exact) mass is 886 g/mol. The van der Waals surface area contributed by atoms with Gasteiger partial charge in [-0.15, -0.1) is 0 Å². The number of anilines is 2. The minimum atomic E-state index is -4.61. The number of amides is 1. The van der Waals surface area contributed by atoms with E-state index >= 15 is 0 Å². The number of ether oxygens (including phenoxy) is 1. The average molecular weight is 887 g/mol. The standard InChI is InChI=1S/C47H54N10O6S/c1-30(2)36-6-3-4-7-37(36)40-8-5-17-55(40)34-25-47(26-34)14-18-54(19-15-47)33-9-10-38(41(23-33)56-42-22-32-11-16-48-44(32)52-39(42)29-51-56)46(58)53-64(61,62)35-24-43(57(59)60)45(50-28-35)49-27-31-12-20-63-21-13-31/h3-4,6-7,9-11,16,22-24,28-31,34,40H,5,8,12-15,17-21,25-27H2,1-2H3,(H,48,52)(H,49,50)(H,53,58)/t40-/m0/s1. The molecule has 1 aliphatic carbocycles. The second-order valence-corrected chi connectivity index (χ2v) is 20.1. The first-order valence-corrected chi connectivity index (χ1v) is 24.0. The molecule has 0 bridgehead atoms. The molecule has 3 saturated heterocycles. The Labute approximate surface area is 372 Å². The van der Waals surface area contributed by atoms with Gasteiger partial charge in [0.05, 0.1) is 34.1 Å². The summed E-state index contributed by atoms with van der Waals surface area (Å²) in [4.78, 5) is 42.2. The van der Waals surface area contributed by atoms with Gasteiger partial charge in [-0.05, 0) is 117 Å². The third-order valence-electron chi connectivity index (χ3n) is 14.3. The normalized spacial score (nSPS) is 19.7. The number of hydrogen-bond donors (Lipinski definition) is 3. The SMILES string of the molecule is CC(C)c1ccccc1[C@@H]1CCCN1C1CC2(CCN(c3ccc(C(=O)NS(=O)(=O)c4cnc(NCC5CCOCC5)c([N+](=O)[O-])c4)c(-n4ncc5nc6[nH]ccc6cc54)c3)CC2)C1. The van der Waals surface area contributed by atoms with Crippen LogP contribution in [0.4, 0.5) is 17.2 Å². The second-order valence-electron chi connectivity index (χ2n) is 18.5. The zero-order chi connectivity index (χ0) is 44.2. The van der Waals surface area contributed by atoms with Crippen molar-refractivity contribution in [2.24, 2.45) is 11.3 Å². The van der Waals surface area contributed by atoms with Crippen LogP contribution in [0.15, 0.2) is 84.1 Å². The Hall–Kier alpha value is -5.91. The number of likely N-dealkylation sites (tertiary alicyclic amines) is 1. The van der Waals surface area contributed by atoms with Gasteiger partial charge in [-0.25, -0.2) is 27.8 Å². The van der Waals surface area contributed by atoms with Gasteiger partial charge in [-0.1, -0.05) is 38.1 Å². The van der Waals surface area contributed by atoms with Gasteiger partial charge in [-0.3, -0.25) is 19.8 Å². The van der Waals surface area contributed by atoms with Gasteiger partial charge >= 0.3 is 5.69 Å². The summed E-state index contributed by atoms with van der Waals surface area (Å²) in [6.07, 6.45) is 13.0. The molecule has 0 radical (unpaired) electrons. The van der Waals surface area contributed by atoms with Gasteiger partial charge < -0.3 is 19.9 Å². The Morgan fingerprint density at radius 2 is 1.81 bits per heavy atom. The quantitative estimate of drug-likeness (QED) is 0.0797. The van der Waals surface area contributed by atoms with E-state index in [1.54, 1.807) is 23.1 Å². The van der Waals surface area contributed by atoms with Crippen LogP contribution in [0.2, 0.25) is 0 Å². The summed E-state index contributed by atoms with van der Waals surface area (Å²) >= 11 is 0. The van der Waals surface area contributed by atoms with Crippen molar-refractivity contribution in [2.75, 3.05) is 49.6 Å². The number of nitro groups is 1. The van der Waals surface area contributed by atoms with Crippen LogP contribution in [0.1, 0.15) is 98.7 Å². The molecule has 64 heavy (non-hydrogen) atoms. The Morgan fingerprint density at radius 1 is 1.02 bits per heavy atom. The Kier molecular flexibility index (Phi) is 11.1. The highest BCUT2D eigenvalue weighted by molar-refractivity contribution is 7.90. The molecule has 1 saturated carbocycles. The molecule has 1 spiro atoms. The zero-order valence-corrected chi connectivity index (χ0v) is 37.0. The van der Waals surface area contributed by atoms with Crippen molar-refractivity contribution in [3.05, 3.63) is 106 Å². The summed E-state index contributed by atoms with van der Waals surface area (Å²) in [5, 5.41) is 20.6. The zero-order valence-electron chi connectivity index (χ0n) is 36.2. The van der Waals surface area contributed by atoms with Crippen LogP contribution in [0.5, 0.6) is 0 Å². The van der Waals surface area contributed by atoms with Crippen molar-refractivity contribution < 1.29 is 22.9 Å². The van der Waals surface area contributed by atoms with Gasteiger partial charge in [-0.2, -0.15) is 5.10 Å². The number of aromatic amines is 1. The molecule has 6 aromatic rings. The molecule has 1 amide bonds. The van der Waals surface area contributed by atoms with Crippen LogP contribution in [0, 0.1) is 21.4 Å². The van der Waals surface area contributed by atoms with E-state index in [9.17, 15) is 23.3 Å². The number of pyridine rings is 2. The molecular formula is C47H54N10O6S. The molecule has 2 aromatic carbocycles. The number of nitrogens with one attached hydrogen (secondary N) is 3. The van der Waals surface area contributed by atoms with Gasteiger partial charge in [0.25, 0.3) is 15.9 Å². The van der Waals surface area contributed by atoms with Gasteiger partial charge in [0.15, 0.2) is 0 Å². The third-order valence-corrected chi connectivity index (χ3v) is 15.6. The molecule has 1 atom stereocenters. The fourth-order valence-electron chi connectivity index (χ4n) is 10.7. The number of aromatic nitrogens is 5. The number of carbonyl (C=O) groups excluding carboxylic acids is 1. The lowest BCUT2D eigenvalue weighted by molar-refractivity contribution is -0.384. The molecule has 16 nitrogen and oxygen atoms in total. The molecule has 3 N–H and O–H groups in total. The maximum absolute atomic E-state index is 14.2. The second kappa shape index (κ2) is 16.9.